The molecule has 0 unspecified atom stereocenters. The molecule has 0 amide bonds. The van der Waals surface area contributed by atoms with Gasteiger partial charge in [0.25, 0.3) is 0 Å². The molecule has 6 nitrogen and oxygen atoms in total. The zero-order chi connectivity index (χ0) is 18.3. The minimum absolute atomic E-state index is 0.114. The molecule has 0 bridgehead atoms. The average Bonchev–Trinajstić information content (AvgIpc) is 2.91. The number of hydrogen-bond acceptors (Lipinski definition) is 5. The van der Waals surface area contributed by atoms with Crippen molar-refractivity contribution < 1.29 is 29.0 Å². The van der Waals surface area contributed by atoms with Crippen LogP contribution in [0.25, 0.3) is 6.08 Å². The molecule has 2 N–H and O–H groups in total. The summed E-state index contributed by atoms with van der Waals surface area (Å²) < 4.78 is 10.4. The second kappa shape index (κ2) is 6.29. The molecule has 0 aliphatic heterocycles. The van der Waals surface area contributed by atoms with E-state index in [9.17, 15) is 14.7 Å². The monoisotopic (exact) mass is 362 g/mol. The van der Waals surface area contributed by atoms with Crippen molar-refractivity contribution in [2.45, 2.75) is 19.8 Å². The number of phenols is 1. The van der Waals surface area contributed by atoms with Crippen molar-refractivity contribution in [3.05, 3.63) is 50.9 Å². The lowest BCUT2D eigenvalue weighted by atomic mass is 9.88. The first-order chi connectivity index (χ1) is 11.8. The van der Waals surface area contributed by atoms with Crippen LogP contribution in [0, 0.1) is 6.92 Å². The van der Waals surface area contributed by atoms with Gasteiger partial charge >= 0.3 is 5.97 Å². The number of ketones is 1. The quantitative estimate of drug-likeness (QED) is 0.804. The number of carboxylic acids is 1. The number of halogens is 1. The zero-order valence-corrected chi connectivity index (χ0v) is 14.3. The minimum atomic E-state index is -1.19. The van der Waals surface area contributed by atoms with Gasteiger partial charge in [-0.3, -0.25) is 4.79 Å². The smallest absolute Gasteiger partial charge is 0.372 e. The Hall–Kier alpha value is -2.73. The zero-order valence-electron chi connectivity index (χ0n) is 13.6. The molecule has 0 atom stereocenters. The third-order valence-electron chi connectivity index (χ3n) is 4.17. The first kappa shape index (κ1) is 17.1. The van der Waals surface area contributed by atoms with Gasteiger partial charge in [-0.05, 0) is 37.1 Å². The van der Waals surface area contributed by atoms with Crippen LogP contribution < -0.4 is 4.74 Å². The second-order valence-corrected chi connectivity index (χ2v) is 6.12. The van der Waals surface area contributed by atoms with Gasteiger partial charge in [0.15, 0.2) is 17.3 Å². The maximum Gasteiger partial charge on any atom is 0.372 e. The fourth-order valence-corrected chi connectivity index (χ4v) is 3.16. The van der Waals surface area contributed by atoms with E-state index in [0.717, 1.165) is 0 Å². The number of aromatic carboxylic acids is 1. The van der Waals surface area contributed by atoms with E-state index >= 15 is 0 Å². The number of fused-ring (bicyclic) bond motifs is 1. The van der Waals surface area contributed by atoms with E-state index in [1.54, 1.807) is 19.1 Å². The summed E-state index contributed by atoms with van der Waals surface area (Å²) in [5.74, 6) is -1.22. The first-order valence-corrected chi connectivity index (χ1v) is 7.88. The lowest BCUT2D eigenvalue weighted by Crippen LogP contribution is -2.13. The number of rotatable bonds is 3. The molecular formula is C18H15ClO6. The Labute approximate surface area is 148 Å². The van der Waals surface area contributed by atoms with E-state index in [1.165, 1.54) is 13.2 Å². The second-order valence-electron chi connectivity index (χ2n) is 5.71. The van der Waals surface area contributed by atoms with E-state index < -0.39 is 5.97 Å². The van der Waals surface area contributed by atoms with Gasteiger partial charge in [0.2, 0.25) is 5.76 Å². The van der Waals surface area contributed by atoms with Crippen molar-refractivity contribution in [2.75, 3.05) is 7.11 Å². The Balaban J connectivity index is 2.04. The minimum Gasteiger partial charge on any atom is -0.503 e. The molecule has 2 aromatic rings. The van der Waals surface area contributed by atoms with Crippen molar-refractivity contribution in [1.82, 2.24) is 0 Å². The predicted molar refractivity (Wildman–Crippen MR) is 90.7 cm³/mol. The molecular weight excluding hydrogens is 348 g/mol. The predicted octanol–water partition coefficient (Wildman–Crippen LogP) is 3.87. The van der Waals surface area contributed by atoms with Crippen LogP contribution in [-0.4, -0.2) is 29.1 Å². The van der Waals surface area contributed by atoms with E-state index in [0.29, 0.717) is 40.9 Å². The SMILES string of the molecule is COc1cc(/C=C2/CCc3oc(C(=O)O)c(C)c3C2=O)cc(Cl)c1O. The first-order valence-electron chi connectivity index (χ1n) is 7.50. The van der Waals surface area contributed by atoms with Gasteiger partial charge in [-0.15, -0.1) is 0 Å². The van der Waals surface area contributed by atoms with Crippen LogP contribution in [0.1, 0.15) is 44.2 Å². The van der Waals surface area contributed by atoms with Gasteiger partial charge in [-0.25, -0.2) is 4.79 Å². The molecule has 0 spiro atoms. The number of benzene rings is 1. The molecule has 1 aliphatic rings. The summed E-state index contributed by atoms with van der Waals surface area (Å²) in [6, 6.07) is 3.10. The Morgan fingerprint density at radius 2 is 2.08 bits per heavy atom. The molecule has 0 radical (unpaired) electrons. The van der Waals surface area contributed by atoms with Crippen LogP contribution in [0.3, 0.4) is 0 Å². The normalized spacial score (nSPS) is 15.3. The molecule has 1 aliphatic carbocycles. The third kappa shape index (κ3) is 2.89. The van der Waals surface area contributed by atoms with Crippen LogP contribution in [0.15, 0.2) is 22.1 Å². The number of allylic oxidation sites excluding steroid dienone is 1. The van der Waals surface area contributed by atoms with Crippen molar-refractivity contribution in [1.29, 1.82) is 0 Å². The van der Waals surface area contributed by atoms with E-state index in [-0.39, 0.29) is 28.1 Å². The Bertz CT molecular complexity index is 922. The molecule has 130 valence electrons. The van der Waals surface area contributed by atoms with Crippen LogP contribution in [0.2, 0.25) is 5.02 Å². The van der Waals surface area contributed by atoms with Crippen LogP contribution in [-0.2, 0) is 6.42 Å². The fourth-order valence-electron chi connectivity index (χ4n) is 2.94. The molecule has 3 rings (SSSR count). The number of phenolic OH excluding ortho intramolecular Hbond substituents is 1. The number of aryl methyl sites for hydroxylation is 1. The Morgan fingerprint density at radius 3 is 2.72 bits per heavy atom. The number of hydrogen-bond donors (Lipinski definition) is 2. The maximum absolute atomic E-state index is 12.7. The maximum atomic E-state index is 12.7. The number of aromatic hydroxyl groups is 1. The highest BCUT2D eigenvalue weighted by Crippen LogP contribution is 2.37. The topological polar surface area (TPSA) is 97.0 Å². The van der Waals surface area contributed by atoms with Crippen molar-refractivity contribution >= 4 is 29.4 Å². The Kier molecular flexibility index (Phi) is 4.30. The molecule has 1 heterocycles. The van der Waals surface area contributed by atoms with Crippen LogP contribution in [0.5, 0.6) is 11.5 Å². The summed E-state index contributed by atoms with van der Waals surface area (Å²) in [6.07, 6.45) is 2.51. The molecule has 0 fully saturated rings. The highest BCUT2D eigenvalue weighted by Gasteiger charge is 2.31. The van der Waals surface area contributed by atoms with Crippen LogP contribution in [0.4, 0.5) is 0 Å². The number of carbonyl (C=O) groups excluding carboxylic acids is 1. The molecule has 0 saturated carbocycles. The molecule has 1 aromatic heterocycles. The summed E-state index contributed by atoms with van der Waals surface area (Å²) in [5.41, 5.74) is 1.76. The standard InChI is InChI=1S/C18H15ClO6/c1-8-14-12(25-17(8)18(22)23)4-3-10(15(14)20)5-9-6-11(19)16(21)13(7-9)24-2/h5-7,21H,3-4H2,1-2H3,(H,22,23)/b10-5-. The van der Waals surface area contributed by atoms with Crippen molar-refractivity contribution in [3.8, 4) is 11.5 Å². The summed E-state index contributed by atoms with van der Waals surface area (Å²) in [5, 5.41) is 19.0. The van der Waals surface area contributed by atoms with Gasteiger partial charge in [0.05, 0.1) is 17.7 Å². The molecule has 1 aromatic carbocycles. The van der Waals surface area contributed by atoms with Gasteiger partial charge in [-0.1, -0.05) is 11.6 Å². The summed E-state index contributed by atoms with van der Waals surface area (Å²) in [7, 11) is 1.41. The third-order valence-corrected chi connectivity index (χ3v) is 4.45. The van der Waals surface area contributed by atoms with Crippen LogP contribution >= 0.6 is 11.6 Å². The number of carbonyl (C=O) groups is 2. The van der Waals surface area contributed by atoms with Gasteiger partial charge in [-0.2, -0.15) is 0 Å². The number of carboxylic acid groups (broad SMARTS) is 1. The van der Waals surface area contributed by atoms with Crippen molar-refractivity contribution in [2.24, 2.45) is 0 Å². The lowest BCUT2D eigenvalue weighted by molar-refractivity contribution is 0.0659. The highest BCUT2D eigenvalue weighted by molar-refractivity contribution is 6.32. The highest BCUT2D eigenvalue weighted by atomic mass is 35.5. The van der Waals surface area contributed by atoms with E-state index in [1.807, 2.05) is 0 Å². The van der Waals surface area contributed by atoms with Gasteiger partial charge < -0.3 is 19.4 Å². The average molecular weight is 363 g/mol. The summed E-state index contributed by atoms with van der Waals surface area (Å²) >= 11 is 5.97. The largest absolute Gasteiger partial charge is 0.503 e. The Morgan fingerprint density at radius 1 is 1.36 bits per heavy atom. The van der Waals surface area contributed by atoms with Gasteiger partial charge in [0, 0.05) is 17.6 Å². The van der Waals surface area contributed by atoms with Crippen molar-refractivity contribution in [3.63, 3.8) is 0 Å². The number of furan rings is 1. The van der Waals surface area contributed by atoms with E-state index in [4.69, 9.17) is 25.9 Å². The number of ether oxygens (including phenoxy) is 1. The molecule has 0 saturated heterocycles. The fraction of sp³-hybridized carbons (Fsp3) is 0.222. The molecule has 7 heteroatoms. The number of methoxy groups -OCH3 is 1. The number of Topliss-reactive ketones (excluding diaryl/α,β-unsaturated/α-hetero) is 1. The van der Waals surface area contributed by atoms with E-state index in [2.05, 4.69) is 0 Å². The summed E-state index contributed by atoms with van der Waals surface area (Å²) in [6.45, 7) is 1.56. The van der Waals surface area contributed by atoms with Gasteiger partial charge in [0.1, 0.15) is 5.76 Å². The summed E-state index contributed by atoms with van der Waals surface area (Å²) in [4.78, 5) is 23.9. The molecule has 25 heavy (non-hydrogen) atoms. The lowest BCUT2D eigenvalue weighted by Gasteiger charge is -2.14.